The van der Waals surface area contributed by atoms with Crippen molar-refractivity contribution < 1.29 is 27.6 Å². The normalized spacial score (nSPS) is 16.8. The van der Waals surface area contributed by atoms with E-state index in [9.17, 15) is 27.6 Å². The van der Waals surface area contributed by atoms with E-state index < -0.39 is 29.1 Å². The fourth-order valence-corrected chi connectivity index (χ4v) is 3.29. The molecule has 2 amide bonds. The number of carbonyl (C=O) groups is 3. The molecule has 0 heterocycles. The fraction of sp³-hybridized carbons (Fsp3) is 0.571. The first kappa shape index (κ1) is 22.9. The largest absolute Gasteiger partial charge is 0.416 e. The number of carbonyl (C=O) groups excluding carboxylic acids is 3. The van der Waals surface area contributed by atoms with Gasteiger partial charge in [-0.3, -0.25) is 9.59 Å². The summed E-state index contributed by atoms with van der Waals surface area (Å²) in [4.78, 5) is 36.6. The zero-order chi connectivity index (χ0) is 21.8. The summed E-state index contributed by atoms with van der Waals surface area (Å²) in [6.07, 6.45) is 0.227. The van der Waals surface area contributed by atoms with Gasteiger partial charge in [0.1, 0.15) is 6.29 Å². The molecule has 0 aromatic heterocycles. The maximum Gasteiger partial charge on any atom is 0.416 e. The van der Waals surface area contributed by atoms with Crippen molar-refractivity contribution in [3.8, 4) is 0 Å². The highest BCUT2D eigenvalue weighted by molar-refractivity contribution is 6.05. The van der Waals surface area contributed by atoms with Gasteiger partial charge in [-0.15, -0.1) is 0 Å². The van der Waals surface area contributed by atoms with E-state index in [2.05, 4.69) is 10.6 Å². The molecule has 1 aliphatic rings. The van der Waals surface area contributed by atoms with Crippen LogP contribution in [0.1, 0.15) is 68.8 Å². The van der Waals surface area contributed by atoms with Crippen molar-refractivity contribution in [3.05, 3.63) is 29.3 Å². The zero-order valence-corrected chi connectivity index (χ0v) is 16.9. The SMILES string of the molecule is CC(C)(C)C(C=O)NC(=O)c1cc(C(F)(F)F)ccc1NC(=O)C1CCCCC1. The van der Waals surface area contributed by atoms with Crippen molar-refractivity contribution in [2.45, 2.75) is 65.1 Å². The van der Waals surface area contributed by atoms with Crippen LogP contribution in [0, 0.1) is 11.3 Å². The molecule has 2 rings (SSSR count). The van der Waals surface area contributed by atoms with Crippen LogP contribution < -0.4 is 10.6 Å². The summed E-state index contributed by atoms with van der Waals surface area (Å²) in [5.41, 5.74) is -1.94. The number of amides is 2. The molecule has 1 unspecified atom stereocenters. The highest BCUT2D eigenvalue weighted by Gasteiger charge is 2.33. The van der Waals surface area contributed by atoms with Crippen LogP contribution in [0.5, 0.6) is 0 Å². The third kappa shape index (κ3) is 6.05. The predicted molar refractivity (Wildman–Crippen MR) is 103 cm³/mol. The first-order valence-electron chi connectivity index (χ1n) is 9.71. The van der Waals surface area contributed by atoms with Gasteiger partial charge < -0.3 is 15.4 Å². The van der Waals surface area contributed by atoms with Crippen LogP contribution >= 0.6 is 0 Å². The number of nitrogens with one attached hydrogen (secondary N) is 2. The molecule has 5 nitrogen and oxygen atoms in total. The van der Waals surface area contributed by atoms with Gasteiger partial charge in [0.05, 0.1) is 22.9 Å². The van der Waals surface area contributed by atoms with Crippen molar-refractivity contribution in [2.75, 3.05) is 5.32 Å². The van der Waals surface area contributed by atoms with E-state index in [1.165, 1.54) is 0 Å². The van der Waals surface area contributed by atoms with E-state index in [1.54, 1.807) is 20.8 Å². The van der Waals surface area contributed by atoms with Gasteiger partial charge in [-0.2, -0.15) is 13.2 Å². The average Bonchev–Trinajstić information content (AvgIpc) is 2.65. The molecular formula is C21H27F3N2O3. The van der Waals surface area contributed by atoms with Gasteiger partial charge in [0, 0.05) is 5.92 Å². The molecule has 29 heavy (non-hydrogen) atoms. The summed E-state index contributed by atoms with van der Waals surface area (Å²) < 4.78 is 39.5. The second-order valence-electron chi connectivity index (χ2n) is 8.54. The summed E-state index contributed by atoms with van der Waals surface area (Å²) >= 11 is 0. The summed E-state index contributed by atoms with van der Waals surface area (Å²) in [5.74, 6) is -1.37. The molecule has 1 aromatic rings. The van der Waals surface area contributed by atoms with Crippen LogP contribution in [0.2, 0.25) is 0 Å². The van der Waals surface area contributed by atoms with Crippen molar-refractivity contribution >= 4 is 23.8 Å². The summed E-state index contributed by atoms with van der Waals surface area (Å²) in [5, 5.41) is 5.08. The molecule has 0 aliphatic heterocycles. The quantitative estimate of drug-likeness (QED) is 0.696. The third-order valence-electron chi connectivity index (χ3n) is 5.18. The number of aldehydes is 1. The zero-order valence-electron chi connectivity index (χ0n) is 16.9. The van der Waals surface area contributed by atoms with Gasteiger partial charge in [-0.05, 0) is 36.5 Å². The fourth-order valence-electron chi connectivity index (χ4n) is 3.29. The number of halogens is 3. The van der Waals surface area contributed by atoms with Crippen LogP contribution in [0.15, 0.2) is 18.2 Å². The number of anilines is 1. The number of rotatable bonds is 5. The van der Waals surface area contributed by atoms with E-state index >= 15 is 0 Å². The summed E-state index contributed by atoms with van der Waals surface area (Å²) in [7, 11) is 0. The Morgan fingerprint density at radius 3 is 2.24 bits per heavy atom. The van der Waals surface area contributed by atoms with E-state index in [4.69, 9.17) is 0 Å². The van der Waals surface area contributed by atoms with Crippen LogP contribution in [-0.2, 0) is 15.8 Å². The second-order valence-corrected chi connectivity index (χ2v) is 8.54. The van der Waals surface area contributed by atoms with Gasteiger partial charge in [0.25, 0.3) is 5.91 Å². The molecule has 0 spiro atoms. The molecule has 1 aliphatic carbocycles. The molecular weight excluding hydrogens is 385 g/mol. The Labute approximate surface area is 168 Å². The molecule has 2 N–H and O–H groups in total. The number of alkyl halides is 3. The molecule has 1 atom stereocenters. The Morgan fingerprint density at radius 2 is 1.72 bits per heavy atom. The summed E-state index contributed by atoms with van der Waals surface area (Å²) in [6.45, 7) is 5.18. The number of hydrogen-bond donors (Lipinski definition) is 2. The Hall–Kier alpha value is -2.38. The summed E-state index contributed by atoms with van der Waals surface area (Å²) in [6, 6.07) is 1.72. The topological polar surface area (TPSA) is 75.3 Å². The monoisotopic (exact) mass is 412 g/mol. The maximum atomic E-state index is 13.2. The maximum absolute atomic E-state index is 13.2. The minimum Gasteiger partial charge on any atom is -0.342 e. The average molecular weight is 412 g/mol. The molecule has 0 bridgehead atoms. The van der Waals surface area contributed by atoms with E-state index in [0.29, 0.717) is 25.2 Å². The van der Waals surface area contributed by atoms with E-state index in [1.807, 2.05) is 0 Å². The molecule has 1 aromatic carbocycles. The first-order valence-corrected chi connectivity index (χ1v) is 9.71. The third-order valence-corrected chi connectivity index (χ3v) is 5.18. The second kappa shape index (κ2) is 8.97. The van der Waals surface area contributed by atoms with Gasteiger partial charge >= 0.3 is 6.18 Å². The highest BCUT2D eigenvalue weighted by atomic mass is 19.4. The lowest BCUT2D eigenvalue weighted by molar-refractivity contribution is -0.137. The molecule has 1 fully saturated rings. The van der Waals surface area contributed by atoms with Gasteiger partial charge in [-0.1, -0.05) is 40.0 Å². The van der Waals surface area contributed by atoms with Crippen LogP contribution in [0.3, 0.4) is 0 Å². The lowest BCUT2D eigenvalue weighted by Gasteiger charge is -2.27. The van der Waals surface area contributed by atoms with Crippen molar-refractivity contribution in [1.82, 2.24) is 5.32 Å². The smallest absolute Gasteiger partial charge is 0.342 e. The van der Waals surface area contributed by atoms with Gasteiger partial charge in [0.15, 0.2) is 0 Å². The lowest BCUT2D eigenvalue weighted by Crippen LogP contribution is -2.45. The number of hydrogen-bond acceptors (Lipinski definition) is 3. The molecule has 160 valence electrons. The van der Waals surface area contributed by atoms with E-state index in [0.717, 1.165) is 31.4 Å². The van der Waals surface area contributed by atoms with Crippen molar-refractivity contribution in [3.63, 3.8) is 0 Å². The van der Waals surface area contributed by atoms with Crippen LogP contribution in [0.25, 0.3) is 0 Å². The highest BCUT2D eigenvalue weighted by Crippen LogP contribution is 2.33. The van der Waals surface area contributed by atoms with Crippen molar-refractivity contribution in [1.29, 1.82) is 0 Å². The Bertz CT molecular complexity index is 763. The van der Waals surface area contributed by atoms with Gasteiger partial charge in [-0.25, -0.2) is 0 Å². The van der Waals surface area contributed by atoms with Crippen LogP contribution in [0.4, 0.5) is 18.9 Å². The Morgan fingerprint density at radius 1 is 1.10 bits per heavy atom. The minimum absolute atomic E-state index is 0.00429. The van der Waals surface area contributed by atoms with E-state index in [-0.39, 0.29) is 23.1 Å². The molecule has 8 heteroatoms. The van der Waals surface area contributed by atoms with Gasteiger partial charge in [0.2, 0.25) is 5.91 Å². The van der Waals surface area contributed by atoms with Crippen molar-refractivity contribution in [2.24, 2.45) is 11.3 Å². The predicted octanol–water partition coefficient (Wildman–Crippen LogP) is 4.57. The molecule has 0 saturated heterocycles. The Balaban J connectivity index is 2.34. The number of benzene rings is 1. The lowest BCUT2D eigenvalue weighted by atomic mass is 9.87. The van der Waals surface area contributed by atoms with Crippen LogP contribution in [-0.4, -0.2) is 24.1 Å². The molecule has 0 radical (unpaired) electrons. The Kier molecular flexibility index (Phi) is 7.08. The molecule has 1 saturated carbocycles. The first-order chi connectivity index (χ1) is 13.4. The standard InChI is InChI=1S/C21H27F3N2O3/c1-20(2,3)17(12-27)26-19(29)15-11-14(21(22,23)24)9-10-16(15)25-18(28)13-7-5-4-6-8-13/h9-13,17H,4-8H2,1-3H3,(H,25,28)(H,26,29). The minimum atomic E-state index is -4.64.